The molecule has 1 aromatic rings. The number of carbonyl (C=O) groups excluding carboxylic acids is 1. The predicted molar refractivity (Wildman–Crippen MR) is 95.8 cm³/mol. The normalized spacial score (nSPS) is 34.4. The molecule has 0 radical (unpaired) electrons. The monoisotopic (exact) mass is 383 g/mol. The predicted octanol–water partition coefficient (Wildman–Crippen LogP) is 0.190. The van der Waals surface area contributed by atoms with Crippen LogP contribution in [0.5, 0.6) is 0 Å². The Kier molecular flexibility index (Phi) is 5.95. The number of benzene rings is 1. The molecule has 0 aromatic heterocycles. The van der Waals surface area contributed by atoms with Crippen molar-refractivity contribution in [3.05, 3.63) is 40.8 Å². The maximum absolute atomic E-state index is 12.0. The van der Waals surface area contributed by atoms with Gasteiger partial charge in [-0.2, -0.15) is 4.99 Å². The van der Waals surface area contributed by atoms with Gasteiger partial charge in [-0.15, -0.1) is 0 Å². The summed E-state index contributed by atoms with van der Waals surface area (Å²) in [4.78, 5) is 16.4. The van der Waals surface area contributed by atoms with Crippen LogP contribution in [0.2, 0.25) is 0 Å². The van der Waals surface area contributed by atoms with Crippen molar-refractivity contribution >= 4 is 39.9 Å². The van der Waals surface area contributed by atoms with E-state index in [0.29, 0.717) is 9.28 Å². The summed E-state index contributed by atoms with van der Waals surface area (Å²) in [5, 5.41) is 38.8. The molecule has 9 heteroatoms. The number of hydrogen-bond acceptors (Lipinski definition) is 8. The zero-order valence-corrected chi connectivity index (χ0v) is 14.6. The van der Waals surface area contributed by atoms with E-state index >= 15 is 0 Å². The van der Waals surface area contributed by atoms with Gasteiger partial charge in [0.05, 0.1) is 11.5 Å². The highest BCUT2D eigenvalue weighted by Crippen LogP contribution is 2.38. The first-order valence-electron chi connectivity index (χ1n) is 7.54. The number of aliphatic hydroxyl groups is 4. The highest BCUT2D eigenvalue weighted by molar-refractivity contribution is 8.41. The Balaban J connectivity index is 1.68. The fraction of sp³-hybridized carbons (Fsp3) is 0.375. The summed E-state index contributed by atoms with van der Waals surface area (Å²) in [6.45, 7) is -0.500. The van der Waals surface area contributed by atoms with Gasteiger partial charge in [-0.1, -0.05) is 53.9 Å². The smallest absolute Gasteiger partial charge is 0.285 e. The quantitative estimate of drug-likeness (QED) is 0.546. The van der Waals surface area contributed by atoms with E-state index in [4.69, 9.17) is 4.74 Å². The summed E-state index contributed by atoms with van der Waals surface area (Å²) in [6, 6.07) is 9.33. The number of hydrogen-bond donors (Lipinski definition) is 4. The third-order valence-corrected chi connectivity index (χ3v) is 6.00. The van der Waals surface area contributed by atoms with Gasteiger partial charge >= 0.3 is 0 Å². The lowest BCUT2D eigenvalue weighted by molar-refractivity contribution is -0.205. The summed E-state index contributed by atoms with van der Waals surface area (Å²) in [5.74, 6) is -0.388. The molecule has 1 fully saturated rings. The maximum Gasteiger partial charge on any atom is 0.285 e. The highest BCUT2D eigenvalue weighted by Gasteiger charge is 2.44. The lowest BCUT2D eigenvalue weighted by atomic mass is 10.0. The van der Waals surface area contributed by atoms with Crippen molar-refractivity contribution in [2.75, 3.05) is 6.61 Å². The van der Waals surface area contributed by atoms with E-state index < -0.39 is 36.5 Å². The molecule has 2 aliphatic rings. The molecule has 2 heterocycles. The Morgan fingerprint density at radius 1 is 1.16 bits per heavy atom. The summed E-state index contributed by atoms with van der Waals surface area (Å²) in [6.07, 6.45) is -3.51. The summed E-state index contributed by atoms with van der Waals surface area (Å²) in [7, 11) is 0. The van der Waals surface area contributed by atoms with E-state index in [-0.39, 0.29) is 5.91 Å². The van der Waals surface area contributed by atoms with E-state index in [0.717, 1.165) is 29.1 Å². The van der Waals surface area contributed by atoms with Crippen LogP contribution in [0.3, 0.4) is 0 Å². The van der Waals surface area contributed by atoms with Crippen LogP contribution in [0.1, 0.15) is 5.56 Å². The molecule has 0 saturated carbocycles. The fourth-order valence-electron chi connectivity index (χ4n) is 2.40. The van der Waals surface area contributed by atoms with Crippen molar-refractivity contribution in [3.63, 3.8) is 0 Å². The number of nitrogens with zero attached hydrogens (tertiary/aromatic N) is 1. The van der Waals surface area contributed by atoms with Crippen LogP contribution in [0.4, 0.5) is 0 Å². The summed E-state index contributed by atoms with van der Waals surface area (Å²) >= 11 is 2.12. The van der Waals surface area contributed by atoms with E-state index in [2.05, 4.69) is 4.99 Å². The number of ether oxygens (including phenoxy) is 1. The molecule has 1 aromatic carbocycles. The van der Waals surface area contributed by atoms with Gasteiger partial charge in [-0.05, 0) is 11.6 Å². The van der Waals surface area contributed by atoms with Crippen molar-refractivity contribution in [1.29, 1.82) is 0 Å². The Labute approximate surface area is 152 Å². The Morgan fingerprint density at radius 3 is 2.56 bits per heavy atom. The largest absolute Gasteiger partial charge is 0.394 e. The molecule has 134 valence electrons. The van der Waals surface area contributed by atoms with Crippen LogP contribution in [0.15, 0.2) is 40.2 Å². The second-order valence-electron chi connectivity index (χ2n) is 5.52. The van der Waals surface area contributed by atoms with E-state index in [1.54, 1.807) is 6.08 Å². The first-order chi connectivity index (χ1) is 12.0. The van der Waals surface area contributed by atoms with Crippen LogP contribution < -0.4 is 0 Å². The first kappa shape index (κ1) is 18.6. The van der Waals surface area contributed by atoms with Crippen molar-refractivity contribution in [2.24, 2.45) is 4.99 Å². The first-order valence-corrected chi connectivity index (χ1v) is 9.24. The third kappa shape index (κ3) is 4.14. The molecule has 0 bridgehead atoms. The van der Waals surface area contributed by atoms with Crippen molar-refractivity contribution in [3.8, 4) is 0 Å². The molecule has 4 N–H and O–H groups in total. The number of carbonyl (C=O) groups is 1. The molecule has 0 spiro atoms. The lowest BCUT2D eigenvalue weighted by Gasteiger charge is -2.39. The van der Waals surface area contributed by atoms with Crippen molar-refractivity contribution in [1.82, 2.24) is 0 Å². The van der Waals surface area contributed by atoms with Gasteiger partial charge in [0.2, 0.25) is 0 Å². The minimum Gasteiger partial charge on any atom is -0.394 e. The molecule has 5 atom stereocenters. The van der Waals surface area contributed by atoms with Gasteiger partial charge in [0.25, 0.3) is 5.91 Å². The highest BCUT2D eigenvalue weighted by atomic mass is 32.2. The van der Waals surface area contributed by atoms with Crippen LogP contribution in [-0.4, -0.2) is 67.2 Å². The van der Waals surface area contributed by atoms with Crippen LogP contribution in [0, 0.1) is 0 Å². The molecule has 25 heavy (non-hydrogen) atoms. The fourth-order valence-corrected chi connectivity index (χ4v) is 4.63. The Hall–Kier alpha value is -1.20. The average Bonchev–Trinajstić information content (AvgIpc) is 2.95. The minimum absolute atomic E-state index is 0.372. The van der Waals surface area contributed by atoms with Gasteiger partial charge in [0.15, 0.2) is 0 Å². The molecule has 7 nitrogen and oxygen atoms in total. The molecular formula is C16H17NO6S2. The Morgan fingerprint density at radius 2 is 1.88 bits per heavy atom. The standard InChI is InChI=1S/C16H17NO6S2/c18-7-9-11(19)12(20)13(21)15(23-9)25-16-17-14(22)10(24-16)6-8-4-2-1-3-5-8/h1-6,9,11-13,15,18-21H,7H2/b10-6+. The van der Waals surface area contributed by atoms with Gasteiger partial charge < -0.3 is 25.2 Å². The summed E-state index contributed by atoms with van der Waals surface area (Å²) < 4.78 is 5.78. The zero-order valence-electron chi connectivity index (χ0n) is 12.9. The van der Waals surface area contributed by atoms with E-state index in [1.807, 2.05) is 30.3 Å². The van der Waals surface area contributed by atoms with Gasteiger partial charge in [0, 0.05) is 0 Å². The number of aliphatic hydroxyl groups excluding tert-OH is 4. The average molecular weight is 383 g/mol. The third-order valence-electron chi connectivity index (χ3n) is 3.76. The minimum atomic E-state index is -1.45. The molecule has 5 unspecified atom stereocenters. The lowest BCUT2D eigenvalue weighted by Crippen LogP contribution is -2.57. The number of amides is 1. The van der Waals surface area contributed by atoms with Crippen LogP contribution >= 0.6 is 23.5 Å². The molecule has 2 aliphatic heterocycles. The molecule has 3 rings (SSSR count). The van der Waals surface area contributed by atoms with Gasteiger partial charge in [-0.3, -0.25) is 4.79 Å². The van der Waals surface area contributed by atoms with E-state index in [9.17, 15) is 25.2 Å². The van der Waals surface area contributed by atoms with Gasteiger partial charge in [-0.25, -0.2) is 0 Å². The number of thioether (sulfide) groups is 2. The Bertz CT molecular complexity index is 693. The van der Waals surface area contributed by atoms with Crippen molar-refractivity contribution in [2.45, 2.75) is 29.9 Å². The van der Waals surface area contributed by atoms with Crippen molar-refractivity contribution < 1.29 is 30.0 Å². The molecule has 1 saturated heterocycles. The molecular weight excluding hydrogens is 366 g/mol. The topological polar surface area (TPSA) is 120 Å². The van der Waals surface area contributed by atoms with Gasteiger partial charge in [0.1, 0.15) is 34.2 Å². The SMILES string of the molecule is O=C1N=C(SC2OC(CO)C(O)C(O)C2O)S/C1=C/c1ccccc1. The van der Waals surface area contributed by atoms with Crippen LogP contribution in [-0.2, 0) is 9.53 Å². The molecule has 1 amide bonds. The summed E-state index contributed by atoms with van der Waals surface area (Å²) in [5.41, 5.74) is -0.0849. The number of aliphatic imine (C=N–C) groups is 1. The second kappa shape index (κ2) is 8.00. The zero-order chi connectivity index (χ0) is 18.0. The molecule has 0 aliphatic carbocycles. The van der Waals surface area contributed by atoms with E-state index in [1.165, 1.54) is 0 Å². The number of rotatable bonds is 3. The maximum atomic E-state index is 12.0. The second-order valence-corrected chi connectivity index (χ2v) is 7.90. The van der Waals surface area contributed by atoms with Crippen LogP contribution in [0.25, 0.3) is 6.08 Å².